The van der Waals surface area contributed by atoms with Crippen molar-refractivity contribution in [2.24, 2.45) is 0 Å². The van der Waals surface area contributed by atoms with Gasteiger partial charge in [-0.25, -0.2) is 0 Å². The fourth-order valence-corrected chi connectivity index (χ4v) is 4.67. The Hall–Kier alpha value is -4.20. The van der Waals surface area contributed by atoms with Gasteiger partial charge < -0.3 is 29.9 Å². The third-order valence-corrected chi connectivity index (χ3v) is 6.56. The van der Waals surface area contributed by atoms with Gasteiger partial charge in [0, 0.05) is 50.3 Å². The van der Waals surface area contributed by atoms with Crippen LogP contribution in [-0.2, 0) is 16.0 Å². The molecule has 0 aliphatic carbocycles. The normalized spacial score (nSPS) is 14.6. The lowest BCUT2D eigenvalue weighted by Crippen LogP contribution is -2.41. The van der Waals surface area contributed by atoms with Gasteiger partial charge >= 0.3 is 11.8 Å². The highest BCUT2D eigenvalue weighted by Gasteiger charge is 2.28. The van der Waals surface area contributed by atoms with E-state index in [4.69, 9.17) is 9.47 Å². The van der Waals surface area contributed by atoms with Gasteiger partial charge in [0.1, 0.15) is 13.2 Å². The monoisotopic (exact) mass is 486 g/mol. The molecule has 1 atom stereocenters. The van der Waals surface area contributed by atoms with Gasteiger partial charge in [-0.2, -0.15) is 0 Å². The zero-order valence-corrected chi connectivity index (χ0v) is 20.5. The number of hydrogen-bond donors (Lipinski definition) is 2. The maximum atomic E-state index is 12.8. The SMILES string of the molecule is CN(C)c1ccc(C(CNC(=O)C(=O)Nc2ccc3c(c2)OCCO3)N2CCc3ccccc32)cc1. The topological polar surface area (TPSA) is 83.1 Å². The van der Waals surface area contributed by atoms with Crippen molar-refractivity contribution in [2.45, 2.75) is 12.5 Å². The van der Waals surface area contributed by atoms with Crippen molar-refractivity contribution in [2.75, 3.05) is 55.5 Å². The third kappa shape index (κ3) is 4.93. The Morgan fingerprint density at radius 2 is 1.69 bits per heavy atom. The Balaban J connectivity index is 1.30. The smallest absolute Gasteiger partial charge is 0.313 e. The van der Waals surface area contributed by atoms with E-state index in [1.165, 1.54) is 5.56 Å². The van der Waals surface area contributed by atoms with E-state index in [0.29, 0.717) is 36.9 Å². The first-order valence-electron chi connectivity index (χ1n) is 12.1. The number of ether oxygens (including phenoxy) is 2. The van der Waals surface area contributed by atoms with E-state index >= 15 is 0 Å². The number of fused-ring (bicyclic) bond motifs is 2. The Morgan fingerprint density at radius 1 is 0.944 bits per heavy atom. The van der Waals surface area contributed by atoms with Crippen molar-refractivity contribution in [1.29, 1.82) is 0 Å². The zero-order chi connectivity index (χ0) is 25.1. The second kappa shape index (κ2) is 10.2. The molecule has 186 valence electrons. The molecule has 0 aromatic heterocycles. The van der Waals surface area contributed by atoms with Crippen LogP contribution >= 0.6 is 0 Å². The molecule has 0 saturated carbocycles. The van der Waals surface area contributed by atoms with Crippen LogP contribution in [0, 0.1) is 0 Å². The minimum Gasteiger partial charge on any atom is -0.486 e. The van der Waals surface area contributed by atoms with Gasteiger partial charge in [0.05, 0.1) is 6.04 Å². The summed E-state index contributed by atoms with van der Waals surface area (Å²) in [6.45, 7) is 2.07. The van der Waals surface area contributed by atoms with Gasteiger partial charge in [-0.05, 0) is 47.9 Å². The van der Waals surface area contributed by atoms with Crippen LogP contribution in [-0.4, -0.2) is 52.2 Å². The minimum atomic E-state index is -0.727. The minimum absolute atomic E-state index is 0.115. The van der Waals surface area contributed by atoms with Crippen molar-refractivity contribution < 1.29 is 19.1 Å². The first-order chi connectivity index (χ1) is 17.5. The molecule has 3 aromatic carbocycles. The molecule has 1 unspecified atom stereocenters. The fraction of sp³-hybridized carbons (Fsp3) is 0.286. The van der Waals surface area contributed by atoms with E-state index in [2.05, 4.69) is 51.9 Å². The summed E-state index contributed by atoms with van der Waals surface area (Å²) in [5.74, 6) is -0.242. The number of para-hydroxylation sites is 1. The highest BCUT2D eigenvalue weighted by atomic mass is 16.6. The van der Waals surface area contributed by atoms with E-state index in [-0.39, 0.29) is 6.04 Å². The summed E-state index contributed by atoms with van der Waals surface area (Å²) in [5, 5.41) is 5.50. The number of nitrogens with zero attached hydrogens (tertiary/aromatic N) is 2. The van der Waals surface area contributed by atoms with Crippen LogP contribution in [0.3, 0.4) is 0 Å². The molecule has 2 heterocycles. The molecule has 0 spiro atoms. The number of benzene rings is 3. The van der Waals surface area contributed by atoms with E-state index < -0.39 is 11.8 Å². The van der Waals surface area contributed by atoms with Crippen LogP contribution in [0.25, 0.3) is 0 Å². The third-order valence-electron chi connectivity index (χ3n) is 6.56. The second-order valence-electron chi connectivity index (χ2n) is 9.10. The summed E-state index contributed by atoms with van der Waals surface area (Å²) < 4.78 is 11.1. The van der Waals surface area contributed by atoms with Crippen LogP contribution in [0.15, 0.2) is 66.7 Å². The summed E-state index contributed by atoms with van der Waals surface area (Å²) in [6, 6.07) is 21.6. The average molecular weight is 487 g/mol. The second-order valence-corrected chi connectivity index (χ2v) is 9.10. The van der Waals surface area contributed by atoms with E-state index in [9.17, 15) is 9.59 Å². The van der Waals surface area contributed by atoms with E-state index in [1.807, 2.05) is 31.1 Å². The van der Waals surface area contributed by atoms with Crippen LogP contribution in [0.4, 0.5) is 17.1 Å². The molecule has 3 aromatic rings. The van der Waals surface area contributed by atoms with E-state index in [0.717, 1.165) is 29.9 Å². The van der Waals surface area contributed by atoms with Gasteiger partial charge in [0.25, 0.3) is 0 Å². The molecular weight excluding hydrogens is 456 g/mol. The molecule has 2 amide bonds. The number of amides is 2. The average Bonchev–Trinajstić information content (AvgIpc) is 3.33. The summed E-state index contributed by atoms with van der Waals surface area (Å²) in [4.78, 5) is 29.8. The van der Waals surface area contributed by atoms with Gasteiger partial charge in [-0.1, -0.05) is 30.3 Å². The molecular formula is C28H30N4O4. The number of nitrogens with one attached hydrogen (secondary N) is 2. The molecule has 0 fully saturated rings. The number of hydrogen-bond acceptors (Lipinski definition) is 6. The standard InChI is InChI=1S/C28H30N4O4/c1-31(2)22-10-7-20(8-11-22)24(32-14-13-19-5-3-4-6-23(19)32)18-29-27(33)28(34)30-21-9-12-25-26(17-21)36-16-15-35-25/h3-12,17,24H,13-16,18H2,1-2H3,(H,29,33)(H,30,34). The predicted octanol–water partition coefficient (Wildman–Crippen LogP) is 3.38. The van der Waals surface area contributed by atoms with Crippen molar-refractivity contribution >= 4 is 28.9 Å². The Kier molecular flexibility index (Phi) is 6.66. The largest absolute Gasteiger partial charge is 0.486 e. The Bertz CT molecular complexity index is 1260. The molecule has 8 nitrogen and oxygen atoms in total. The quantitative estimate of drug-likeness (QED) is 0.520. The summed E-state index contributed by atoms with van der Waals surface area (Å²) >= 11 is 0. The molecule has 2 aliphatic heterocycles. The summed E-state index contributed by atoms with van der Waals surface area (Å²) in [5.41, 5.74) is 5.10. The van der Waals surface area contributed by atoms with Crippen molar-refractivity contribution in [3.8, 4) is 11.5 Å². The lowest BCUT2D eigenvalue weighted by molar-refractivity contribution is -0.136. The van der Waals surface area contributed by atoms with Gasteiger partial charge in [0.15, 0.2) is 11.5 Å². The molecule has 0 bridgehead atoms. The van der Waals surface area contributed by atoms with Crippen molar-refractivity contribution in [3.63, 3.8) is 0 Å². The Labute approximate surface area is 210 Å². The molecule has 0 saturated heterocycles. The van der Waals surface area contributed by atoms with Crippen molar-refractivity contribution in [3.05, 3.63) is 77.9 Å². The number of rotatable bonds is 6. The highest BCUT2D eigenvalue weighted by molar-refractivity contribution is 6.39. The number of anilines is 3. The van der Waals surface area contributed by atoms with E-state index in [1.54, 1.807) is 18.2 Å². The van der Waals surface area contributed by atoms with Crippen LogP contribution < -0.4 is 29.9 Å². The molecule has 2 aliphatic rings. The van der Waals surface area contributed by atoms with Gasteiger partial charge in [-0.15, -0.1) is 0 Å². The van der Waals surface area contributed by atoms with Gasteiger partial charge in [-0.3, -0.25) is 9.59 Å². The number of carbonyl (C=O) groups excluding carboxylic acids is 2. The van der Waals surface area contributed by atoms with Crippen LogP contribution in [0.5, 0.6) is 11.5 Å². The predicted molar refractivity (Wildman–Crippen MR) is 140 cm³/mol. The highest BCUT2D eigenvalue weighted by Crippen LogP contribution is 2.35. The number of carbonyl (C=O) groups is 2. The van der Waals surface area contributed by atoms with Crippen LogP contribution in [0.1, 0.15) is 17.2 Å². The zero-order valence-electron chi connectivity index (χ0n) is 20.5. The summed E-state index contributed by atoms with van der Waals surface area (Å²) in [6.07, 6.45) is 0.945. The molecule has 36 heavy (non-hydrogen) atoms. The van der Waals surface area contributed by atoms with Crippen LogP contribution in [0.2, 0.25) is 0 Å². The molecule has 5 rings (SSSR count). The van der Waals surface area contributed by atoms with Gasteiger partial charge in [0.2, 0.25) is 0 Å². The first-order valence-corrected chi connectivity index (χ1v) is 12.1. The summed E-state index contributed by atoms with van der Waals surface area (Å²) in [7, 11) is 4.01. The first kappa shape index (κ1) is 23.5. The molecule has 8 heteroatoms. The fourth-order valence-electron chi connectivity index (χ4n) is 4.67. The maximum absolute atomic E-state index is 12.8. The van der Waals surface area contributed by atoms with Crippen molar-refractivity contribution in [1.82, 2.24) is 5.32 Å². The lowest BCUT2D eigenvalue weighted by atomic mass is 10.0. The molecule has 2 N–H and O–H groups in total. The maximum Gasteiger partial charge on any atom is 0.313 e. The molecule has 0 radical (unpaired) electrons. The lowest BCUT2D eigenvalue weighted by Gasteiger charge is -2.31. The Morgan fingerprint density at radius 3 is 2.47 bits per heavy atom.